The molecule has 0 spiro atoms. The van der Waals surface area contributed by atoms with Gasteiger partial charge in [-0.05, 0) is 35.4 Å². The van der Waals surface area contributed by atoms with E-state index in [1.54, 1.807) is 0 Å². The molecule has 1 nitrogen and oxygen atoms in total. The molecule has 16 heavy (non-hydrogen) atoms. The van der Waals surface area contributed by atoms with Gasteiger partial charge in [0.15, 0.2) is 0 Å². The van der Waals surface area contributed by atoms with Gasteiger partial charge in [0.05, 0.1) is 0 Å². The van der Waals surface area contributed by atoms with Crippen molar-refractivity contribution in [3.05, 3.63) is 68.6 Å². The number of halogens is 2. The third kappa shape index (κ3) is 2.73. The van der Waals surface area contributed by atoms with Crippen molar-refractivity contribution in [2.75, 3.05) is 0 Å². The highest BCUT2D eigenvalue weighted by atomic mass is 79.9. The summed E-state index contributed by atoms with van der Waals surface area (Å²) in [7, 11) is 0. The van der Waals surface area contributed by atoms with E-state index in [0.717, 1.165) is 20.1 Å². The second kappa shape index (κ2) is 5.13. The normalized spacial score (nSPS) is 10.8. The van der Waals surface area contributed by atoms with Gasteiger partial charge in [-0.1, -0.05) is 56.1 Å². The number of benzene rings is 2. The smallest absolute Gasteiger partial charge is 0.104 e. The lowest BCUT2D eigenvalue weighted by molar-refractivity contribution is 0.220. The van der Waals surface area contributed by atoms with Gasteiger partial charge in [0.2, 0.25) is 0 Å². The topological polar surface area (TPSA) is 20.2 Å². The van der Waals surface area contributed by atoms with Crippen molar-refractivity contribution in [3.8, 4) is 0 Å². The van der Waals surface area contributed by atoms with Crippen LogP contribution in [-0.2, 0) is 0 Å². The Morgan fingerprint density at radius 2 is 1.00 bits per heavy atom. The van der Waals surface area contributed by atoms with Crippen LogP contribution < -0.4 is 0 Å². The van der Waals surface area contributed by atoms with Crippen LogP contribution in [0.2, 0.25) is 0 Å². The van der Waals surface area contributed by atoms with E-state index in [0.29, 0.717) is 0 Å². The maximum atomic E-state index is 10.1. The zero-order valence-corrected chi connectivity index (χ0v) is 11.6. The van der Waals surface area contributed by atoms with Crippen LogP contribution in [0.15, 0.2) is 57.5 Å². The fourth-order valence-corrected chi connectivity index (χ4v) is 2.01. The molecule has 3 heteroatoms. The summed E-state index contributed by atoms with van der Waals surface area (Å²) >= 11 is 6.75. The van der Waals surface area contributed by atoms with Crippen LogP contribution >= 0.6 is 31.9 Å². The molecule has 0 aliphatic rings. The molecule has 0 amide bonds. The molecule has 0 aliphatic heterocycles. The van der Waals surface area contributed by atoms with Crippen molar-refractivity contribution >= 4 is 31.9 Å². The maximum Gasteiger partial charge on any atom is 0.104 e. The Labute approximate surface area is 111 Å². The Bertz CT molecular complexity index is 417. The zero-order valence-electron chi connectivity index (χ0n) is 8.40. The van der Waals surface area contributed by atoms with Gasteiger partial charge in [0.1, 0.15) is 6.10 Å². The summed E-state index contributed by atoms with van der Waals surface area (Å²) in [6, 6.07) is 15.4. The van der Waals surface area contributed by atoms with E-state index in [2.05, 4.69) is 31.9 Å². The van der Waals surface area contributed by atoms with Crippen molar-refractivity contribution in [1.29, 1.82) is 0 Å². The standard InChI is InChI=1S/C13H10Br2O/c14-11-5-1-9(2-6-11)13(16)10-3-7-12(15)8-4-10/h1-8,13,16H. The summed E-state index contributed by atoms with van der Waals surface area (Å²) in [6.45, 7) is 0. The van der Waals surface area contributed by atoms with Gasteiger partial charge in [-0.25, -0.2) is 0 Å². The minimum atomic E-state index is -0.568. The number of aliphatic hydroxyl groups excluding tert-OH is 1. The minimum Gasteiger partial charge on any atom is -0.384 e. The second-order valence-electron chi connectivity index (χ2n) is 3.51. The monoisotopic (exact) mass is 340 g/mol. The van der Waals surface area contributed by atoms with Crippen molar-refractivity contribution in [1.82, 2.24) is 0 Å². The lowest BCUT2D eigenvalue weighted by atomic mass is 10.0. The van der Waals surface area contributed by atoms with Crippen LogP contribution in [0.1, 0.15) is 17.2 Å². The predicted octanol–water partition coefficient (Wildman–Crippen LogP) is 4.29. The first-order valence-electron chi connectivity index (χ1n) is 4.86. The van der Waals surface area contributed by atoms with Crippen molar-refractivity contribution in [3.63, 3.8) is 0 Å². The van der Waals surface area contributed by atoms with E-state index in [4.69, 9.17) is 0 Å². The van der Waals surface area contributed by atoms with Crippen molar-refractivity contribution in [2.45, 2.75) is 6.10 Å². The average Bonchev–Trinajstić information content (AvgIpc) is 2.30. The fourth-order valence-electron chi connectivity index (χ4n) is 1.48. The van der Waals surface area contributed by atoms with Crippen LogP contribution in [0.5, 0.6) is 0 Å². The van der Waals surface area contributed by atoms with E-state index in [-0.39, 0.29) is 0 Å². The van der Waals surface area contributed by atoms with Crippen LogP contribution in [0.3, 0.4) is 0 Å². The van der Waals surface area contributed by atoms with E-state index in [1.165, 1.54) is 0 Å². The van der Waals surface area contributed by atoms with Gasteiger partial charge in [-0.3, -0.25) is 0 Å². The highest BCUT2D eigenvalue weighted by Crippen LogP contribution is 2.24. The van der Waals surface area contributed by atoms with E-state index in [1.807, 2.05) is 48.5 Å². The van der Waals surface area contributed by atoms with Crippen molar-refractivity contribution < 1.29 is 5.11 Å². The Morgan fingerprint density at radius 1 is 0.688 bits per heavy atom. The quantitative estimate of drug-likeness (QED) is 0.863. The second-order valence-corrected chi connectivity index (χ2v) is 5.34. The first-order chi connectivity index (χ1) is 7.66. The summed E-state index contributed by atoms with van der Waals surface area (Å²) in [5, 5.41) is 10.1. The molecular weight excluding hydrogens is 332 g/mol. The summed E-state index contributed by atoms with van der Waals surface area (Å²) in [6.07, 6.45) is -0.568. The number of aliphatic hydroxyl groups is 1. The highest BCUT2D eigenvalue weighted by molar-refractivity contribution is 9.10. The highest BCUT2D eigenvalue weighted by Gasteiger charge is 2.09. The molecular formula is C13H10Br2O. The Morgan fingerprint density at radius 3 is 1.31 bits per heavy atom. The van der Waals surface area contributed by atoms with Crippen LogP contribution in [0.25, 0.3) is 0 Å². The van der Waals surface area contributed by atoms with Gasteiger partial charge in [0.25, 0.3) is 0 Å². The zero-order chi connectivity index (χ0) is 11.5. The van der Waals surface area contributed by atoms with Gasteiger partial charge >= 0.3 is 0 Å². The van der Waals surface area contributed by atoms with Gasteiger partial charge < -0.3 is 5.11 Å². The first-order valence-corrected chi connectivity index (χ1v) is 6.44. The molecule has 82 valence electrons. The first kappa shape index (κ1) is 11.8. The predicted molar refractivity (Wildman–Crippen MR) is 72.3 cm³/mol. The number of hydrogen-bond acceptors (Lipinski definition) is 1. The summed E-state index contributed by atoms with van der Waals surface area (Å²) in [5.41, 5.74) is 1.79. The summed E-state index contributed by atoms with van der Waals surface area (Å²) in [5.74, 6) is 0. The van der Waals surface area contributed by atoms with E-state index >= 15 is 0 Å². The molecule has 1 N–H and O–H groups in total. The fraction of sp³-hybridized carbons (Fsp3) is 0.0769. The molecule has 0 heterocycles. The summed E-state index contributed by atoms with van der Waals surface area (Å²) < 4.78 is 2.03. The van der Waals surface area contributed by atoms with Crippen LogP contribution in [-0.4, -0.2) is 5.11 Å². The van der Waals surface area contributed by atoms with Crippen LogP contribution in [0, 0.1) is 0 Å². The van der Waals surface area contributed by atoms with E-state index in [9.17, 15) is 5.11 Å². The Hall–Kier alpha value is -0.640. The molecule has 2 aromatic carbocycles. The summed E-state index contributed by atoms with van der Waals surface area (Å²) in [4.78, 5) is 0. The van der Waals surface area contributed by atoms with Crippen LogP contribution in [0.4, 0.5) is 0 Å². The van der Waals surface area contributed by atoms with Gasteiger partial charge in [0, 0.05) is 8.95 Å². The average molecular weight is 342 g/mol. The molecule has 0 atom stereocenters. The lowest BCUT2D eigenvalue weighted by Crippen LogP contribution is -1.98. The van der Waals surface area contributed by atoms with Gasteiger partial charge in [-0.2, -0.15) is 0 Å². The SMILES string of the molecule is OC(c1ccc(Br)cc1)c1ccc(Br)cc1. The number of rotatable bonds is 2. The van der Waals surface area contributed by atoms with E-state index < -0.39 is 6.10 Å². The molecule has 0 bridgehead atoms. The lowest BCUT2D eigenvalue weighted by Gasteiger charge is -2.11. The largest absolute Gasteiger partial charge is 0.384 e. The molecule has 0 saturated carbocycles. The number of hydrogen-bond donors (Lipinski definition) is 1. The maximum absolute atomic E-state index is 10.1. The molecule has 0 fully saturated rings. The molecule has 0 unspecified atom stereocenters. The van der Waals surface area contributed by atoms with Crippen molar-refractivity contribution in [2.24, 2.45) is 0 Å². The third-order valence-corrected chi connectivity index (χ3v) is 3.43. The molecule has 0 aliphatic carbocycles. The Kier molecular flexibility index (Phi) is 3.79. The minimum absolute atomic E-state index is 0.568. The molecule has 2 aromatic rings. The molecule has 0 aromatic heterocycles. The molecule has 0 saturated heterocycles. The third-order valence-electron chi connectivity index (χ3n) is 2.37. The Balaban J connectivity index is 2.28. The molecule has 0 radical (unpaired) electrons. The molecule has 2 rings (SSSR count). The van der Waals surface area contributed by atoms with Gasteiger partial charge in [-0.15, -0.1) is 0 Å².